The molecule has 1 rings (SSSR count). The van der Waals surface area contributed by atoms with Gasteiger partial charge in [-0.05, 0) is 26.0 Å². The first kappa shape index (κ1) is 9.22. The van der Waals surface area contributed by atoms with Crippen LogP contribution in [0.4, 0.5) is 5.13 Å². The topological polar surface area (TPSA) is 64.9 Å². The van der Waals surface area contributed by atoms with Crippen molar-refractivity contribution < 1.29 is 0 Å². The lowest BCUT2D eigenvalue weighted by molar-refractivity contribution is 1.01. The third kappa shape index (κ3) is 2.32. The summed E-state index contributed by atoms with van der Waals surface area (Å²) in [7, 11) is 0. The molecule has 0 aliphatic carbocycles. The first-order chi connectivity index (χ1) is 5.74. The van der Waals surface area contributed by atoms with Crippen LogP contribution in [0.15, 0.2) is 6.08 Å². The van der Waals surface area contributed by atoms with E-state index < -0.39 is 0 Å². The maximum absolute atomic E-state index is 5.53. The molecule has 4 heteroatoms. The summed E-state index contributed by atoms with van der Waals surface area (Å²) in [4.78, 5) is 5.23. The van der Waals surface area contributed by atoms with Crippen LogP contribution in [0.1, 0.15) is 17.0 Å². The predicted octanol–water partition coefficient (Wildman–Crippen LogP) is 1.40. The van der Waals surface area contributed by atoms with Gasteiger partial charge in [-0.2, -0.15) is 0 Å². The van der Waals surface area contributed by atoms with E-state index in [4.69, 9.17) is 11.5 Å². The summed E-state index contributed by atoms with van der Waals surface area (Å²) in [6, 6.07) is 0. The summed E-state index contributed by atoms with van der Waals surface area (Å²) < 4.78 is 0. The number of thiazole rings is 1. The molecule has 0 amide bonds. The average molecular weight is 183 g/mol. The highest BCUT2D eigenvalue weighted by molar-refractivity contribution is 7.16. The average Bonchev–Trinajstić information content (AvgIpc) is 2.31. The van der Waals surface area contributed by atoms with Crippen LogP contribution in [0.5, 0.6) is 0 Å². The van der Waals surface area contributed by atoms with Gasteiger partial charge in [0.05, 0.1) is 10.6 Å². The van der Waals surface area contributed by atoms with E-state index in [0.29, 0.717) is 11.7 Å². The van der Waals surface area contributed by atoms with Gasteiger partial charge < -0.3 is 11.5 Å². The summed E-state index contributed by atoms with van der Waals surface area (Å²) >= 11 is 1.50. The quantitative estimate of drug-likeness (QED) is 0.744. The van der Waals surface area contributed by atoms with Gasteiger partial charge in [0.2, 0.25) is 0 Å². The number of rotatable bonds is 3. The van der Waals surface area contributed by atoms with Crippen LogP contribution in [0.3, 0.4) is 0 Å². The van der Waals surface area contributed by atoms with E-state index in [-0.39, 0.29) is 0 Å². The molecule has 0 fully saturated rings. The van der Waals surface area contributed by atoms with Crippen molar-refractivity contribution >= 4 is 22.5 Å². The Bertz CT molecular complexity index is 278. The van der Waals surface area contributed by atoms with E-state index in [9.17, 15) is 0 Å². The van der Waals surface area contributed by atoms with Crippen molar-refractivity contribution in [3.8, 4) is 0 Å². The fourth-order valence-corrected chi connectivity index (χ4v) is 1.64. The first-order valence-electron chi connectivity index (χ1n) is 3.83. The van der Waals surface area contributed by atoms with Crippen molar-refractivity contribution in [1.82, 2.24) is 4.98 Å². The molecule has 0 saturated carbocycles. The van der Waals surface area contributed by atoms with Gasteiger partial charge in [-0.15, -0.1) is 0 Å². The number of nitrogens with two attached hydrogens (primary N) is 2. The summed E-state index contributed by atoms with van der Waals surface area (Å²) in [6.45, 7) is 2.64. The molecule has 1 aromatic heterocycles. The highest BCUT2D eigenvalue weighted by Gasteiger charge is 1.99. The number of aromatic nitrogens is 1. The molecule has 12 heavy (non-hydrogen) atoms. The smallest absolute Gasteiger partial charge is 0.180 e. The number of hydrogen-bond donors (Lipinski definition) is 2. The molecule has 3 nitrogen and oxygen atoms in total. The minimum Gasteiger partial charge on any atom is -0.375 e. The Morgan fingerprint density at radius 1 is 1.58 bits per heavy atom. The minimum atomic E-state index is 0.625. The molecule has 0 bridgehead atoms. The summed E-state index contributed by atoms with van der Waals surface area (Å²) in [5.74, 6) is 0. The van der Waals surface area contributed by atoms with Gasteiger partial charge in [-0.1, -0.05) is 17.4 Å². The van der Waals surface area contributed by atoms with Gasteiger partial charge in [-0.25, -0.2) is 4.98 Å². The SMILES string of the molecule is Cc1nc(N)sc1C=CCCN. The van der Waals surface area contributed by atoms with Gasteiger partial charge in [0.15, 0.2) is 5.13 Å². The molecule has 0 aliphatic heterocycles. The van der Waals surface area contributed by atoms with Gasteiger partial charge in [0.25, 0.3) is 0 Å². The van der Waals surface area contributed by atoms with Crippen LogP contribution in [-0.4, -0.2) is 11.5 Å². The maximum atomic E-state index is 5.53. The van der Waals surface area contributed by atoms with E-state index in [1.54, 1.807) is 0 Å². The molecular weight excluding hydrogens is 170 g/mol. The lowest BCUT2D eigenvalue weighted by Gasteiger charge is -1.86. The van der Waals surface area contributed by atoms with Crippen LogP contribution in [-0.2, 0) is 0 Å². The zero-order valence-electron chi connectivity index (χ0n) is 7.08. The van der Waals surface area contributed by atoms with Crippen LogP contribution in [0, 0.1) is 6.92 Å². The lowest BCUT2D eigenvalue weighted by atomic mass is 10.3. The summed E-state index contributed by atoms with van der Waals surface area (Å²) in [5.41, 5.74) is 11.9. The molecule has 0 atom stereocenters. The summed E-state index contributed by atoms with van der Waals surface area (Å²) in [5, 5.41) is 0.625. The fraction of sp³-hybridized carbons (Fsp3) is 0.375. The highest BCUT2D eigenvalue weighted by atomic mass is 32.1. The third-order valence-electron chi connectivity index (χ3n) is 1.45. The van der Waals surface area contributed by atoms with Crippen LogP contribution in [0.2, 0.25) is 0 Å². The predicted molar refractivity (Wildman–Crippen MR) is 54.0 cm³/mol. The number of aryl methyl sites for hydroxylation is 1. The molecule has 66 valence electrons. The van der Waals surface area contributed by atoms with Crippen molar-refractivity contribution in [3.63, 3.8) is 0 Å². The molecule has 1 heterocycles. The molecule has 4 N–H and O–H groups in total. The van der Waals surface area contributed by atoms with E-state index in [0.717, 1.165) is 17.0 Å². The number of anilines is 1. The van der Waals surface area contributed by atoms with Crippen LogP contribution >= 0.6 is 11.3 Å². The number of nitrogen functional groups attached to an aromatic ring is 1. The van der Waals surface area contributed by atoms with Gasteiger partial charge >= 0.3 is 0 Å². The van der Waals surface area contributed by atoms with Gasteiger partial charge in [0, 0.05) is 0 Å². The Kier molecular flexibility index (Phi) is 3.25. The largest absolute Gasteiger partial charge is 0.375 e. The number of hydrogen-bond acceptors (Lipinski definition) is 4. The minimum absolute atomic E-state index is 0.625. The molecule has 0 saturated heterocycles. The van der Waals surface area contributed by atoms with E-state index in [1.807, 2.05) is 19.1 Å². The number of nitrogens with zero attached hydrogens (tertiary/aromatic N) is 1. The monoisotopic (exact) mass is 183 g/mol. The lowest BCUT2D eigenvalue weighted by Crippen LogP contribution is -1.94. The molecule has 0 aliphatic rings. The van der Waals surface area contributed by atoms with Gasteiger partial charge in [0.1, 0.15) is 0 Å². The molecule has 0 spiro atoms. The highest BCUT2D eigenvalue weighted by Crippen LogP contribution is 2.20. The zero-order valence-corrected chi connectivity index (χ0v) is 7.90. The Morgan fingerprint density at radius 3 is 2.83 bits per heavy atom. The van der Waals surface area contributed by atoms with Crippen molar-refractivity contribution in [2.24, 2.45) is 5.73 Å². The Hall–Kier alpha value is -0.870. The maximum Gasteiger partial charge on any atom is 0.180 e. The standard InChI is InChI=1S/C8H13N3S/c1-6-7(4-2-3-5-9)12-8(10)11-6/h2,4H,3,5,9H2,1H3,(H2,10,11). The van der Waals surface area contributed by atoms with E-state index in [2.05, 4.69) is 4.98 Å². The normalized spacial score (nSPS) is 11.2. The van der Waals surface area contributed by atoms with Crippen molar-refractivity contribution in [1.29, 1.82) is 0 Å². The van der Waals surface area contributed by atoms with Gasteiger partial charge in [-0.3, -0.25) is 0 Å². The third-order valence-corrected chi connectivity index (χ3v) is 2.40. The summed E-state index contributed by atoms with van der Waals surface area (Å²) in [6.07, 6.45) is 4.97. The molecule has 0 unspecified atom stereocenters. The van der Waals surface area contributed by atoms with Crippen molar-refractivity contribution in [3.05, 3.63) is 16.6 Å². The van der Waals surface area contributed by atoms with E-state index >= 15 is 0 Å². The molecule has 1 aromatic rings. The Morgan fingerprint density at radius 2 is 2.33 bits per heavy atom. The Labute approximate surface area is 76.1 Å². The Balaban J connectivity index is 2.68. The van der Waals surface area contributed by atoms with E-state index in [1.165, 1.54) is 11.3 Å². The second-order valence-electron chi connectivity index (χ2n) is 2.48. The second kappa shape index (κ2) is 4.23. The first-order valence-corrected chi connectivity index (χ1v) is 4.65. The van der Waals surface area contributed by atoms with Crippen LogP contribution in [0.25, 0.3) is 6.08 Å². The molecule has 0 aromatic carbocycles. The zero-order chi connectivity index (χ0) is 8.97. The second-order valence-corrected chi connectivity index (χ2v) is 3.54. The molecule has 0 radical (unpaired) electrons. The van der Waals surface area contributed by atoms with Crippen molar-refractivity contribution in [2.75, 3.05) is 12.3 Å². The molecular formula is C8H13N3S. The van der Waals surface area contributed by atoms with Crippen molar-refractivity contribution in [2.45, 2.75) is 13.3 Å². The fourth-order valence-electron chi connectivity index (χ4n) is 0.871. The van der Waals surface area contributed by atoms with Crippen LogP contribution < -0.4 is 11.5 Å².